The van der Waals surface area contributed by atoms with E-state index in [1.165, 1.54) is 12.8 Å². The van der Waals surface area contributed by atoms with Gasteiger partial charge in [-0.3, -0.25) is 4.98 Å². The summed E-state index contributed by atoms with van der Waals surface area (Å²) < 4.78 is 5.20. The molecule has 3 N–H and O–H groups in total. The molecule has 0 atom stereocenters. The molecular weight excluding hydrogens is 250 g/mol. The Balaban J connectivity index is 1.77. The van der Waals surface area contributed by atoms with Gasteiger partial charge >= 0.3 is 0 Å². The van der Waals surface area contributed by atoms with Crippen LogP contribution in [0.3, 0.4) is 0 Å². The van der Waals surface area contributed by atoms with Crippen molar-refractivity contribution in [3.63, 3.8) is 0 Å². The van der Waals surface area contributed by atoms with Crippen LogP contribution in [0.15, 0.2) is 30.5 Å². The Bertz CT molecular complexity index is 608. The second-order valence-corrected chi connectivity index (χ2v) is 5.70. The van der Waals surface area contributed by atoms with E-state index in [1.807, 2.05) is 24.4 Å². The van der Waals surface area contributed by atoms with Crippen LogP contribution < -0.4 is 11.1 Å². The van der Waals surface area contributed by atoms with Gasteiger partial charge in [-0.1, -0.05) is 12.1 Å². The molecule has 4 nitrogen and oxygen atoms in total. The van der Waals surface area contributed by atoms with Crippen molar-refractivity contribution in [2.24, 2.45) is 5.41 Å². The molecule has 0 amide bonds. The average Bonchev–Trinajstić information content (AvgIpc) is 3.24. The number of nitrogens with two attached hydrogens (primary N) is 1. The van der Waals surface area contributed by atoms with Crippen molar-refractivity contribution in [3.05, 3.63) is 30.5 Å². The van der Waals surface area contributed by atoms with Crippen LogP contribution in [-0.2, 0) is 4.74 Å². The number of fused-ring (bicyclic) bond motifs is 1. The molecule has 0 aliphatic heterocycles. The van der Waals surface area contributed by atoms with Crippen LogP contribution >= 0.6 is 0 Å². The van der Waals surface area contributed by atoms with E-state index in [4.69, 9.17) is 10.5 Å². The van der Waals surface area contributed by atoms with E-state index in [2.05, 4.69) is 16.4 Å². The number of pyridine rings is 1. The van der Waals surface area contributed by atoms with Gasteiger partial charge in [-0.2, -0.15) is 0 Å². The van der Waals surface area contributed by atoms with E-state index >= 15 is 0 Å². The average molecular weight is 271 g/mol. The number of para-hydroxylation sites is 1. The normalized spacial score (nSPS) is 16.2. The summed E-state index contributed by atoms with van der Waals surface area (Å²) in [6.45, 7) is 1.83. The Labute approximate surface area is 119 Å². The fourth-order valence-electron chi connectivity index (χ4n) is 2.65. The minimum Gasteiger partial charge on any atom is -0.397 e. The van der Waals surface area contributed by atoms with Crippen molar-refractivity contribution in [2.45, 2.75) is 19.3 Å². The standard InChI is InChI=1S/C16H21N3O/c1-20-10-8-16(6-7-16)11-19-14-5-9-18-15-12(14)3-2-4-13(15)17/h2-5,9H,6-8,10-11,17H2,1H3,(H,18,19). The predicted octanol–water partition coefficient (Wildman–Crippen LogP) is 3.05. The molecule has 2 aromatic rings. The van der Waals surface area contributed by atoms with Gasteiger partial charge in [0.1, 0.15) is 0 Å². The maximum absolute atomic E-state index is 5.98. The molecule has 1 aromatic carbocycles. The molecule has 106 valence electrons. The lowest BCUT2D eigenvalue weighted by atomic mass is 10.0. The summed E-state index contributed by atoms with van der Waals surface area (Å²) in [7, 11) is 1.77. The molecule has 1 fully saturated rings. The molecule has 1 aliphatic rings. The largest absolute Gasteiger partial charge is 0.397 e. The lowest BCUT2D eigenvalue weighted by molar-refractivity contribution is 0.175. The van der Waals surface area contributed by atoms with E-state index in [9.17, 15) is 0 Å². The highest BCUT2D eigenvalue weighted by Gasteiger charge is 2.41. The maximum atomic E-state index is 5.98. The fraction of sp³-hybridized carbons (Fsp3) is 0.438. The van der Waals surface area contributed by atoms with E-state index in [-0.39, 0.29) is 0 Å². The van der Waals surface area contributed by atoms with Crippen LogP contribution in [0.25, 0.3) is 10.9 Å². The molecule has 4 heteroatoms. The van der Waals surface area contributed by atoms with Crippen LogP contribution in [0.2, 0.25) is 0 Å². The second kappa shape index (κ2) is 5.29. The molecule has 20 heavy (non-hydrogen) atoms. The SMILES string of the molecule is COCCC1(CNc2ccnc3c(N)cccc23)CC1. The van der Waals surface area contributed by atoms with Gasteiger partial charge in [-0.15, -0.1) is 0 Å². The Kier molecular flexibility index (Phi) is 3.49. The van der Waals surface area contributed by atoms with Crippen LogP contribution in [0, 0.1) is 5.41 Å². The van der Waals surface area contributed by atoms with Gasteiger partial charge in [0, 0.05) is 37.5 Å². The van der Waals surface area contributed by atoms with Crippen molar-refractivity contribution in [1.29, 1.82) is 0 Å². The highest BCUT2D eigenvalue weighted by molar-refractivity contribution is 5.97. The molecule has 0 unspecified atom stereocenters. The van der Waals surface area contributed by atoms with E-state index in [0.717, 1.165) is 41.9 Å². The molecule has 0 bridgehead atoms. The second-order valence-electron chi connectivity index (χ2n) is 5.70. The minimum atomic E-state index is 0.423. The lowest BCUT2D eigenvalue weighted by Crippen LogP contribution is -2.17. The molecule has 0 radical (unpaired) electrons. The van der Waals surface area contributed by atoms with Gasteiger partial charge in [0.2, 0.25) is 0 Å². The number of nitrogens with zero attached hydrogens (tertiary/aromatic N) is 1. The molecular formula is C16H21N3O. The number of benzene rings is 1. The Morgan fingerprint density at radius 3 is 2.95 bits per heavy atom. The van der Waals surface area contributed by atoms with Gasteiger partial charge < -0.3 is 15.8 Å². The molecule has 1 aliphatic carbocycles. The van der Waals surface area contributed by atoms with Crippen molar-refractivity contribution >= 4 is 22.3 Å². The first-order valence-corrected chi connectivity index (χ1v) is 7.10. The van der Waals surface area contributed by atoms with E-state index in [1.54, 1.807) is 7.11 Å². The smallest absolute Gasteiger partial charge is 0.0951 e. The topological polar surface area (TPSA) is 60.2 Å². The minimum absolute atomic E-state index is 0.423. The summed E-state index contributed by atoms with van der Waals surface area (Å²) in [4.78, 5) is 4.37. The number of hydrogen-bond donors (Lipinski definition) is 2. The number of methoxy groups -OCH3 is 1. The zero-order chi connectivity index (χ0) is 14.0. The summed E-state index contributed by atoms with van der Waals surface area (Å²) in [6.07, 6.45) is 5.51. The number of hydrogen-bond acceptors (Lipinski definition) is 4. The number of anilines is 2. The summed E-state index contributed by atoms with van der Waals surface area (Å²) in [5, 5.41) is 4.67. The van der Waals surface area contributed by atoms with Gasteiger partial charge in [-0.05, 0) is 36.8 Å². The summed E-state index contributed by atoms with van der Waals surface area (Å²) in [5.74, 6) is 0. The Morgan fingerprint density at radius 2 is 2.20 bits per heavy atom. The summed E-state index contributed by atoms with van der Waals surface area (Å²) in [5.41, 5.74) is 9.12. The summed E-state index contributed by atoms with van der Waals surface area (Å²) >= 11 is 0. The van der Waals surface area contributed by atoms with Crippen LogP contribution in [0.4, 0.5) is 11.4 Å². The van der Waals surface area contributed by atoms with E-state index < -0.39 is 0 Å². The Morgan fingerprint density at radius 1 is 1.35 bits per heavy atom. The quantitative estimate of drug-likeness (QED) is 0.793. The monoisotopic (exact) mass is 271 g/mol. The number of rotatable bonds is 6. The fourth-order valence-corrected chi connectivity index (χ4v) is 2.65. The highest BCUT2D eigenvalue weighted by Crippen LogP contribution is 2.48. The number of aromatic nitrogens is 1. The van der Waals surface area contributed by atoms with Crippen LogP contribution in [-0.4, -0.2) is 25.2 Å². The first-order valence-electron chi connectivity index (χ1n) is 7.10. The molecule has 3 rings (SSSR count). The first kappa shape index (κ1) is 13.2. The third-order valence-electron chi connectivity index (χ3n) is 4.25. The van der Waals surface area contributed by atoms with E-state index in [0.29, 0.717) is 5.41 Å². The first-order chi connectivity index (χ1) is 9.74. The van der Waals surface area contributed by atoms with Crippen LogP contribution in [0.5, 0.6) is 0 Å². The van der Waals surface area contributed by atoms with Crippen molar-refractivity contribution < 1.29 is 4.74 Å². The van der Waals surface area contributed by atoms with Crippen molar-refractivity contribution in [3.8, 4) is 0 Å². The predicted molar refractivity (Wildman–Crippen MR) is 82.8 cm³/mol. The Hall–Kier alpha value is -1.81. The summed E-state index contributed by atoms with van der Waals surface area (Å²) in [6, 6.07) is 7.95. The van der Waals surface area contributed by atoms with Gasteiger partial charge in [-0.25, -0.2) is 0 Å². The zero-order valence-electron chi connectivity index (χ0n) is 11.9. The molecule has 0 spiro atoms. The number of nitrogens with one attached hydrogen (secondary N) is 1. The lowest BCUT2D eigenvalue weighted by Gasteiger charge is -2.17. The number of ether oxygens (including phenoxy) is 1. The third kappa shape index (κ3) is 2.56. The highest BCUT2D eigenvalue weighted by atomic mass is 16.5. The molecule has 1 aromatic heterocycles. The molecule has 0 saturated heterocycles. The van der Waals surface area contributed by atoms with Gasteiger partial charge in [0.05, 0.1) is 11.2 Å². The molecule has 1 heterocycles. The van der Waals surface area contributed by atoms with Gasteiger partial charge in [0.25, 0.3) is 0 Å². The van der Waals surface area contributed by atoms with Crippen molar-refractivity contribution in [1.82, 2.24) is 4.98 Å². The zero-order valence-corrected chi connectivity index (χ0v) is 11.9. The molecule has 1 saturated carbocycles. The number of nitrogen functional groups attached to an aromatic ring is 1. The third-order valence-corrected chi connectivity index (χ3v) is 4.25. The van der Waals surface area contributed by atoms with Crippen LogP contribution in [0.1, 0.15) is 19.3 Å². The van der Waals surface area contributed by atoms with Gasteiger partial charge in [0.15, 0.2) is 0 Å². The van der Waals surface area contributed by atoms with Crippen molar-refractivity contribution in [2.75, 3.05) is 31.3 Å². The maximum Gasteiger partial charge on any atom is 0.0951 e.